The summed E-state index contributed by atoms with van der Waals surface area (Å²) in [6, 6.07) is 0. The molecule has 72 valence electrons. The molecule has 2 nitrogen and oxygen atoms in total. The zero-order valence-electron chi connectivity index (χ0n) is 8.18. The first-order valence-electron chi connectivity index (χ1n) is 4.51. The van der Waals surface area contributed by atoms with Crippen molar-refractivity contribution >= 4 is 5.97 Å². The first-order valence-corrected chi connectivity index (χ1v) is 4.51. The van der Waals surface area contributed by atoms with Gasteiger partial charge >= 0.3 is 5.97 Å². The molecule has 0 aliphatic carbocycles. The monoisotopic (exact) mass is 172 g/mol. The van der Waals surface area contributed by atoms with Crippen molar-refractivity contribution in [2.75, 3.05) is 0 Å². The standard InChI is InChI=1S/C6H12O2.C4H8/c1-2-3-4-5-6(7)8;1-3-4-2/h2-5H2,1H3,(H,7,8);3H,1,4H2,2H3. The minimum Gasteiger partial charge on any atom is -0.481 e. The van der Waals surface area contributed by atoms with Crippen LogP contribution in [0.4, 0.5) is 0 Å². The van der Waals surface area contributed by atoms with E-state index < -0.39 is 5.97 Å². The molecule has 0 aromatic carbocycles. The van der Waals surface area contributed by atoms with Crippen molar-refractivity contribution < 1.29 is 9.90 Å². The number of hydrogen-bond acceptors (Lipinski definition) is 1. The molecule has 12 heavy (non-hydrogen) atoms. The van der Waals surface area contributed by atoms with Crippen LogP contribution < -0.4 is 0 Å². The van der Waals surface area contributed by atoms with E-state index in [9.17, 15) is 4.79 Å². The SMILES string of the molecule is C=CCC.CCCCCC(=O)O. The maximum absolute atomic E-state index is 9.87. The van der Waals surface area contributed by atoms with Gasteiger partial charge in [0.25, 0.3) is 0 Å². The molecule has 0 aliphatic rings. The molecule has 0 radical (unpaired) electrons. The zero-order chi connectivity index (χ0) is 9.82. The number of carbonyl (C=O) groups is 1. The van der Waals surface area contributed by atoms with E-state index >= 15 is 0 Å². The molecule has 0 unspecified atom stereocenters. The van der Waals surface area contributed by atoms with Gasteiger partial charge in [0.15, 0.2) is 0 Å². The first-order chi connectivity index (χ1) is 5.68. The highest BCUT2D eigenvalue weighted by Crippen LogP contribution is 1.97. The Hall–Kier alpha value is -0.790. The van der Waals surface area contributed by atoms with E-state index in [1.807, 2.05) is 6.08 Å². The lowest BCUT2D eigenvalue weighted by Crippen LogP contribution is -1.92. The van der Waals surface area contributed by atoms with E-state index in [1.165, 1.54) is 0 Å². The van der Waals surface area contributed by atoms with Gasteiger partial charge in [0, 0.05) is 6.42 Å². The Morgan fingerprint density at radius 2 is 1.92 bits per heavy atom. The molecule has 0 spiro atoms. The van der Waals surface area contributed by atoms with Crippen LogP contribution in [0, 0.1) is 0 Å². The Balaban J connectivity index is 0. The molecule has 0 aliphatic heterocycles. The van der Waals surface area contributed by atoms with Crippen LogP contribution >= 0.6 is 0 Å². The highest BCUT2D eigenvalue weighted by molar-refractivity contribution is 5.66. The maximum atomic E-state index is 9.87. The van der Waals surface area contributed by atoms with Crippen molar-refractivity contribution in [3.05, 3.63) is 12.7 Å². The van der Waals surface area contributed by atoms with Gasteiger partial charge in [-0.05, 0) is 12.8 Å². The van der Waals surface area contributed by atoms with Gasteiger partial charge in [-0.25, -0.2) is 0 Å². The van der Waals surface area contributed by atoms with Crippen LogP contribution in [0.15, 0.2) is 12.7 Å². The van der Waals surface area contributed by atoms with Gasteiger partial charge < -0.3 is 5.11 Å². The second-order valence-corrected chi connectivity index (χ2v) is 2.55. The van der Waals surface area contributed by atoms with Crippen LogP contribution in [0.5, 0.6) is 0 Å². The molecule has 0 aromatic heterocycles. The van der Waals surface area contributed by atoms with Crippen LogP contribution in [0.25, 0.3) is 0 Å². The largest absolute Gasteiger partial charge is 0.481 e. The lowest BCUT2D eigenvalue weighted by molar-refractivity contribution is -0.137. The number of rotatable bonds is 5. The summed E-state index contributed by atoms with van der Waals surface area (Å²) < 4.78 is 0. The number of unbranched alkanes of at least 4 members (excludes halogenated alkanes) is 2. The molecule has 0 aromatic rings. The summed E-state index contributed by atoms with van der Waals surface area (Å²) in [4.78, 5) is 9.87. The minimum atomic E-state index is -0.682. The number of carboxylic acids is 1. The van der Waals surface area contributed by atoms with E-state index in [4.69, 9.17) is 5.11 Å². The molecule has 1 N–H and O–H groups in total. The summed E-state index contributed by atoms with van der Waals surface area (Å²) >= 11 is 0. The third-order valence-corrected chi connectivity index (χ3v) is 1.28. The Morgan fingerprint density at radius 3 is 2.17 bits per heavy atom. The summed E-state index contributed by atoms with van der Waals surface area (Å²) in [5.74, 6) is -0.682. The zero-order valence-corrected chi connectivity index (χ0v) is 8.18. The third kappa shape index (κ3) is 22.9. The molecule has 0 saturated carbocycles. The summed E-state index contributed by atoms with van der Waals surface area (Å²) in [7, 11) is 0. The molecular weight excluding hydrogens is 152 g/mol. The van der Waals surface area contributed by atoms with Crippen LogP contribution in [-0.2, 0) is 4.79 Å². The Kier molecular flexibility index (Phi) is 14.8. The molecule has 0 heterocycles. The summed E-state index contributed by atoms with van der Waals surface area (Å²) in [6.07, 6.45) is 6.24. The Labute approximate surface area is 75.3 Å². The second-order valence-electron chi connectivity index (χ2n) is 2.55. The molecule has 0 atom stereocenters. The van der Waals surface area contributed by atoms with Crippen molar-refractivity contribution in [1.29, 1.82) is 0 Å². The predicted octanol–water partition coefficient (Wildman–Crippen LogP) is 3.23. The Morgan fingerprint density at radius 1 is 1.42 bits per heavy atom. The summed E-state index contributed by atoms with van der Waals surface area (Å²) in [5.41, 5.74) is 0. The van der Waals surface area contributed by atoms with E-state index in [-0.39, 0.29) is 0 Å². The minimum absolute atomic E-state index is 0.327. The van der Waals surface area contributed by atoms with E-state index in [2.05, 4.69) is 20.4 Å². The van der Waals surface area contributed by atoms with Crippen molar-refractivity contribution in [2.24, 2.45) is 0 Å². The average Bonchev–Trinajstić information content (AvgIpc) is 2.05. The number of aliphatic carboxylic acids is 1. The first kappa shape index (κ1) is 13.8. The van der Waals surface area contributed by atoms with Gasteiger partial charge in [0.05, 0.1) is 0 Å². The smallest absolute Gasteiger partial charge is 0.303 e. The number of hydrogen-bond donors (Lipinski definition) is 1. The van der Waals surface area contributed by atoms with Crippen molar-refractivity contribution in [1.82, 2.24) is 0 Å². The molecule has 0 bridgehead atoms. The molecule has 0 saturated heterocycles. The van der Waals surface area contributed by atoms with Crippen molar-refractivity contribution in [3.8, 4) is 0 Å². The average molecular weight is 172 g/mol. The van der Waals surface area contributed by atoms with Gasteiger partial charge in [-0.2, -0.15) is 0 Å². The van der Waals surface area contributed by atoms with Gasteiger partial charge in [-0.1, -0.05) is 32.8 Å². The Bertz CT molecular complexity index is 108. The lowest BCUT2D eigenvalue weighted by atomic mass is 10.2. The van der Waals surface area contributed by atoms with Crippen LogP contribution in [0.1, 0.15) is 46.0 Å². The van der Waals surface area contributed by atoms with Crippen molar-refractivity contribution in [2.45, 2.75) is 46.0 Å². The molecular formula is C10H20O2. The lowest BCUT2D eigenvalue weighted by Gasteiger charge is -1.89. The normalized spacial score (nSPS) is 8.17. The van der Waals surface area contributed by atoms with Gasteiger partial charge in [0.1, 0.15) is 0 Å². The highest BCUT2D eigenvalue weighted by Gasteiger charge is 1.92. The second kappa shape index (κ2) is 12.8. The van der Waals surface area contributed by atoms with Crippen LogP contribution in [0.2, 0.25) is 0 Å². The van der Waals surface area contributed by atoms with E-state index in [0.717, 1.165) is 25.7 Å². The fraction of sp³-hybridized carbons (Fsp3) is 0.700. The van der Waals surface area contributed by atoms with Gasteiger partial charge in [0.2, 0.25) is 0 Å². The molecule has 0 rings (SSSR count). The summed E-state index contributed by atoms with van der Waals surface area (Å²) in [5, 5.41) is 8.14. The maximum Gasteiger partial charge on any atom is 0.303 e. The van der Waals surface area contributed by atoms with E-state index in [1.54, 1.807) is 0 Å². The molecule has 0 fully saturated rings. The van der Waals surface area contributed by atoms with Crippen LogP contribution in [0.3, 0.4) is 0 Å². The number of carboxylic acid groups (broad SMARTS) is 1. The summed E-state index contributed by atoms with van der Waals surface area (Å²) in [6.45, 7) is 7.60. The highest BCUT2D eigenvalue weighted by atomic mass is 16.4. The topological polar surface area (TPSA) is 37.3 Å². The molecule has 2 heteroatoms. The molecule has 0 amide bonds. The van der Waals surface area contributed by atoms with Gasteiger partial charge in [-0.3, -0.25) is 4.79 Å². The third-order valence-electron chi connectivity index (χ3n) is 1.28. The van der Waals surface area contributed by atoms with Crippen LogP contribution in [-0.4, -0.2) is 11.1 Å². The fourth-order valence-electron chi connectivity index (χ4n) is 0.526. The predicted molar refractivity (Wildman–Crippen MR) is 52.3 cm³/mol. The van der Waals surface area contributed by atoms with E-state index in [0.29, 0.717) is 6.42 Å². The van der Waals surface area contributed by atoms with Crippen molar-refractivity contribution in [3.63, 3.8) is 0 Å². The quantitative estimate of drug-likeness (QED) is 0.510. The number of allylic oxidation sites excluding steroid dienone is 1. The van der Waals surface area contributed by atoms with Gasteiger partial charge in [-0.15, -0.1) is 6.58 Å². The fourth-order valence-corrected chi connectivity index (χ4v) is 0.526.